The molecule has 0 radical (unpaired) electrons. The highest BCUT2D eigenvalue weighted by Gasteiger charge is 2.25. The predicted octanol–water partition coefficient (Wildman–Crippen LogP) is 5.33. The summed E-state index contributed by atoms with van der Waals surface area (Å²) in [6.45, 7) is 9.62. The summed E-state index contributed by atoms with van der Waals surface area (Å²) in [6, 6.07) is 8.51. The number of nitrogens with one attached hydrogen (secondary N) is 1. The summed E-state index contributed by atoms with van der Waals surface area (Å²) >= 11 is 0. The van der Waals surface area contributed by atoms with Crippen LogP contribution in [0.2, 0.25) is 0 Å². The molecule has 0 aromatic heterocycles. The van der Waals surface area contributed by atoms with E-state index in [0.29, 0.717) is 18.0 Å². The topological polar surface area (TPSA) is 102 Å². The minimum atomic E-state index is -0.632. The molecule has 8 nitrogen and oxygen atoms in total. The van der Waals surface area contributed by atoms with Gasteiger partial charge in [0, 0.05) is 31.3 Å². The molecule has 1 unspecified atom stereocenters. The lowest BCUT2D eigenvalue weighted by molar-refractivity contribution is -0.384. The van der Waals surface area contributed by atoms with Crippen molar-refractivity contribution in [3.8, 4) is 0 Å². The zero-order chi connectivity index (χ0) is 24.8. The van der Waals surface area contributed by atoms with Gasteiger partial charge in [-0.15, -0.1) is 0 Å². The fraction of sp³-hybridized carbons (Fsp3) is 0.462. The molecule has 1 fully saturated rings. The van der Waals surface area contributed by atoms with Crippen LogP contribution in [0, 0.1) is 36.8 Å². The van der Waals surface area contributed by atoms with E-state index in [4.69, 9.17) is 4.74 Å². The first-order valence-electron chi connectivity index (χ1n) is 11.7. The molecule has 2 aromatic carbocycles. The van der Waals surface area contributed by atoms with E-state index in [2.05, 4.69) is 12.2 Å². The van der Waals surface area contributed by atoms with E-state index in [1.165, 1.54) is 6.07 Å². The molecular weight excluding hydrogens is 434 g/mol. The Hall–Kier alpha value is -3.42. The summed E-state index contributed by atoms with van der Waals surface area (Å²) in [5.74, 6) is -0.317. The molecule has 182 valence electrons. The monoisotopic (exact) mass is 467 g/mol. The SMILES string of the molecule is Cc1cc(C)c(NC(=O)CCCOC(=O)c2ccc(N3CCCC(C)C3)c([N+](=O)[O-])c2)c(C)c1. The van der Waals surface area contributed by atoms with Crippen molar-refractivity contribution < 1.29 is 19.2 Å². The summed E-state index contributed by atoms with van der Waals surface area (Å²) in [7, 11) is 0. The van der Waals surface area contributed by atoms with Crippen molar-refractivity contribution in [1.29, 1.82) is 0 Å². The Kier molecular flexibility index (Phi) is 8.26. The Bertz CT molecular complexity index is 1060. The third-order valence-corrected chi connectivity index (χ3v) is 6.13. The van der Waals surface area contributed by atoms with Gasteiger partial charge < -0.3 is 15.0 Å². The number of aryl methyl sites for hydroxylation is 3. The lowest BCUT2D eigenvalue weighted by Gasteiger charge is -2.32. The molecule has 1 aliphatic heterocycles. The van der Waals surface area contributed by atoms with Crippen molar-refractivity contribution in [2.24, 2.45) is 5.92 Å². The first-order chi connectivity index (χ1) is 16.2. The van der Waals surface area contributed by atoms with Gasteiger partial charge in [0.25, 0.3) is 5.69 Å². The van der Waals surface area contributed by atoms with E-state index in [0.717, 1.165) is 48.3 Å². The molecule has 34 heavy (non-hydrogen) atoms. The molecule has 1 N–H and O–H groups in total. The zero-order valence-corrected chi connectivity index (χ0v) is 20.3. The molecule has 1 atom stereocenters. The molecule has 1 amide bonds. The second-order valence-electron chi connectivity index (χ2n) is 9.22. The van der Waals surface area contributed by atoms with E-state index in [1.54, 1.807) is 12.1 Å². The summed E-state index contributed by atoms with van der Waals surface area (Å²) < 4.78 is 5.27. The molecule has 1 saturated heterocycles. The number of carbonyl (C=O) groups is 2. The molecule has 3 rings (SSSR count). The maximum atomic E-state index is 12.5. The quantitative estimate of drug-likeness (QED) is 0.244. The first kappa shape index (κ1) is 25.2. The molecule has 0 bridgehead atoms. The molecule has 0 saturated carbocycles. The Balaban J connectivity index is 1.54. The van der Waals surface area contributed by atoms with Gasteiger partial charge in [0.05, 0.1) is 17.1 Å². The van der Waals surface area contributed by atoms with Crippen LogP contribution in [0.15, 0.2) is 30.3 Å². The number of carbonyl (C=O) groups excluding carboxylic acids is 2. The standard InChI is InChI=1S/C26H33N3O5/c1-17-7-5-11-28(16-17)22-10-9-21(15-23(22)29(32)33)26(31)34-12-6-8-24(30)27-25-19(3)13-18(2)14-20(25)4/h9-10,13-15,17H,5-8,11-12,16H2,1-4H3,(H,27,30). The highest BCUT2D eigenvalue weighted by Crippen LogP contribution is 2.32. The average molecular weight is 468 g/mol. The number of rotatable bonds is 8. The number of hydrogen-bond acceptors (Lipinski definition) is 6. The number of amides is 1. The molecule has 0 spiro atoms. The minimum Gasteiger partial charge on any atom is -0.462 e. The van der Waals surface area contributed by atoms with E-state index >= 15 is 0 Å². The van der Waals surface area contributed by atoms with Crippen molar-refractivity contribution in [2.75, 3.05) is 29.9 Å². The number of nitro groups is 1. The van der Waals surface area contributed by atoms with Gasteiger partial charge in [0.2, 0.25) is 5.91 Å². The minimum absolute atomic E-state index is 0.0529. The number of nitrogens with zero attached hydrogens (tertiary/aromatic N) is 2. The van der Waals surface area contributed by atoms with Gasteiger partial charge in [-0.25, -0.2) is 4.79 Å². The van der Waals surface area contributed by atoms with Gasteiger partial charge >= 0.3 is 5.97 Å². The van der Waals surface area contributed by atoms with Crippen molar-refractivity contribution >= 4 is 28.9 Å². The van der Waals surface area contributed by atoms with Gasteiger partial charge in [-0.05, 0) is 69.2 Å². The third-order valence-electron chi connectivity index (χ3n) is 6.13. The van der Waals surface area contributed by atoms with Crippen LogP contribution in [0.3, 0.4) is 0 Å². The highest BCUT2D eigenvalue weighted by atomic mass is 16.6. The number of nitro benzene ring substituents is 1. The van der Waals surface area contributed by atoms with Crippen LogP contribution < -0.4 is 10.2 Å². The second-order valence-corrected chi connectivity index (χ2v) is 9.22. The summed E-state index contributed by atoms with van der Waals surface area (Å²) in [5, 5.41) is 14.6. The maximum absolute atomic E-state index is 12.5. The van der Waals surface area contributed by atoms with Crippen molar-refractivity contribution in [3.05, 3.63) is 62.7 Å². The van der Waals surface area contributed by atoms with Crippen LogP contribution in [0.1, 0.15) is 59.7 Å². The van der Waals surface area contributed by atoms with E-state index < -0.39 is 10.9 Å². The Morgan fingerprint density at radius 2 is 1.88 bits per heavy atom. The normalized spacial score (nSPS) is 15.6. The van der Waals surface area contributed by atoms with Gasteiger partial charge in [-0.1, -0.05) is 24.6 Å². The molecule has 2 aromatic rings. The van der Waals surface area contributed by atoms with Gasteiger partial charge in [0.1, 0.15) is 5.69 Å². The van der Waals surface area contributed by atoms with Crippen molar-refractivity contribution in [1.82, 2.24) is 0 Å². The molecule has 0 aliphatic carbocycles. The predicted molar refractivity (Wildman–Crippen MR) is 133 cm³/mol. The number of ether oxygens (including phenoxy) is 1. The second kappa shape index (κ2) is 11.1. The Morgan fingerprint density at radius 3 is 2.53 bits per heavy atom. The van der Waals surface area contributed by atoms with Crippen LogP contribution in [-0.2, 0) is 9.53 Å². The maximum Gasteiger partial charge on any atom is 0.338 e. The summed E-state index contributed by atoms with van der Waals surface area (Å²) in [4.78, 5) is 38.0. The fourth-order valence-electron chi connectivity index (χ4n) is 4.53. The largest absolute Gasteiger partial charge is 0.462 e. The summed E-state index contributed by atoms with van der Waals surface area (Å²) in [5.41, 5.74) is 4.53. The van der Waals surface area contributed by atoms with Crippen LogP contribution in [0.4, 0.5) is 17.1 Å². The lowest BCUT2D eigenvalue weighted by atomic mass is 9.99. The van der Waals surface area contributed by atoms with Crippen LogP contribution in [0.5, 0.6) is 0 Å². The highest BCUT2D eigenvalue weighted by molar-refractivity contribution is 5.93. The number of esters is 1. The first-order valence-corrected chi connectivity index (χ1v) is 11.7. The molecular formula is C26H33N3O5. The number of piperidine rings is 1. The van der Waals surface area contributed by atoms with Crippen LogP contribution in [0.25, 0.3) is 0 Å². The molecule has 1 heterocycles. The molecule has 1 aliphatic rings. The number of anilines is 2. The van der Waals surface area contributed by atoms with Gasteiger partial charge in [-0.2, -0.15) is 0 Å². The van der Waals surface area contributed by atoms with E-state index in [9.17, 15) is 19.7 Å². The summed E-state index contributed by atoms with van der Waals surface area (Å²) in [6.07, 6.45) is 2.65. The molecule has 8 heteroatoms. The Labute approximate surface area is 200 Å². The lowest BCUT2D eigenvalue weighted by Crippen LogP contribution is -2.34. The van der Waals surface area contributed by atoms with E-state index in [-0.39, 0.29) is 30.2 Å². The van der Waals surface area contributed by atoms with Crippen LogP contribution in [-0.4, -0.2) is 36.5 Å². The fourth-order valence-corrected chi connectivity index (χ4v) is 4.53. The number of hydrogen-bond donors (Lipinski definition) is 1. The van der Waals surface area contributed by atoms with Gasteiger partial charge in [-0.3, -0.25) is 14.9 Å². The van der Waals surface area contributed by atoms with E-state index in [1.807, 2.05) is 37.8 Å². The smallest absolute Gasteiger partial charge is 0.338 e. The van der Waals surface area contributed by atoms with Crippen molar-refractivity contribution in [3.63, 3.8) is 0 Å². The zero-order valence-electron chi connectivity index (χ0n) is 20.3. The van der Waals surface area contributed by atoms with Crippen molar-refractivity contribution in [2.45, 2.75) is 53.4 Å². The average Bonchev–Trinajstić information content (AvgIpc) is 2.78. The van der Waals surface area contributed by atoms with Gasteiger partial charge in [0.15, 0.2) is 0 Å². The van der Waals surface area contributed by atoms with Crippen LogP contribution >= 0.6 is 0 Å². The Morgan fingerprint density at radius 1 is 1.18 bits per heavy atom. The number of benzene rings is 2. The third kappa shape index (κ3) is 6.34.